The molecule has 0 aromatic heterocycles. The highest BCUT2D eigenvalue weighted by atomic mass is 35.5. The number of carbonyl (C=O) groups excluding carboxylic acids is 2. The molecule has 0 spiro atoms. The summed E-state index contributed by atoms with van der Waals surface area (Å²) in [5, 5.41) is 6.59. The maximum absolute atomic E-state index is 12.7. The predicted octanol–water partition coefficient (Wildman–Crippen LogP) is 5.22. The summed E-state index contributed by atoms with van der Waals surface area (Å²) < 4.78 is 5.59. The average molecular weight is 537 g/mol. The molecule has 9 heteroatoms. The number of piperazine rings is 1. The minimum Gasteiger partial charge on any atom is -0.494 e. The van der Waals surface area contributed by atoms with E-state index in [4.69, 9.17) is 28.6 Å². The number of benzene rings is 3. The van der Waals surface area contributed by atoms with Crippen molar-refractivity contribution in [3.63, 3.8) is 0 Å². The van der Waals surface area contributed by atoms with E-state index in [1.807, 2.05) is 42.2 Å². The van der Waals surface area contributed by atoms with E-state index in [9.17, 15) is 9.59 Å². The van der Waals surface area contributed by atoms with Crippen LogP contribution >= 0.6 is 23.8 Å². The number of hydrogen-bond acceptors (Lipinski definition) is 5. The second-order valence-corrected chi connectivity index (χ2v) is 9.46. The summed E-state index contributed by atoms with van der Waals surface area (Å²) in [4.78, 5) is 29.4. The molecule has 0 radical (unpaired) electrons. The Bertz CT molecular complexity index is 1240. The van der Waals surface area contributed by atoms with Crippen LogP contribution in [0.1, 0.15) is 34.1 Å². The lowest BCUT2D eigenvalue weighted by atomic mass is 10.1. The number of carbonyl (C=O) groups is 2. The van der Waals surface area contributed by atoms with Gasteiger partial charge in [0, 0.05) is 53.7 Å². The lowest BCUT2D eigenvalue weighted by molar-refractivity contribution is 0.0746. The molecule has 3 aromatic carbocycles. The van der Waals surface area contributed by atoms with Gasteiger partial charge < -0.3 is 19.9 Å². The second kappa shape index (κ2) is 12.6. The normalized spacial score (nSPS) is 13.1. The minimum absolute atomic E-state index is 0.0200. The van der Waals surface area contributed by atoms with Crippen molar-refractivity contribution in [1.82, 2.24) is 10.2 Å². The van der Waals surface area contributed by atoms with E-state index in [0.29, 0.717) is 41.6 Å². The van der Waals surface area contributed by atoms with Crippen molar-refractivity contribution < 1.29 is 14.3 Å². The fourth-order valence-electron chi connectivity index (χ4n) is 3.98. The molecule has 1 aliphatic rings. The number of ether oxygens (including phenoxy) is 1. The van der Waals surface area contributed by atoms with Crippen LogP contribution < -0.4 is 20.3 Å². The van der Waals surface area contributed by atoms with Gasteiger partial charge in [0.1, 0.15) is 5.75 Å². The summed E-state index contributed by atoms with van der Waals surface area (Å²) in [6.07, 6.45) is 0.892. The summed E-state index contributed by atoms with van der Waals surface area (Å²) in [5.41, 5.74) is 2.95. The molecule has 1 saturated heterocycles. The second-order valence-electron chi connectivity index (χ2n) is 8.62. The molecule has 7 nitrogen and oxygen atoms in total. The van der Waals surface area contributed by atoms with Crippen LogP contribution in [-0.4, -0.2) is 54.6 Å². The van der Waals surface area contributed by atoms with Crippen molar-refractivity contribution in [2.75, 3.05) is 43.0 Å². The molecule has 192 valence electrons. The van der Waals surface area contributed by atoms with Crippen LogP contribution in [0.3, 0.4) is 0 Å². The van der Waals surface area contributed by atoms with Crippen LogP contribution in [0.4, 0.5) is 11.4 Å². The van der Waals surface area contributed by atoms with Crippen molar-refractivity contribution in [3.05, 3.63) is 88.9 Å². The number of nitrogens with one attached hydrogen (secondary N) is 2. The molecule has 2 N–H and O–H groups in total. The van der Waals surface area contributed by atoms with E-state index in [-0.39, 0.29) is 16.9 Å². The maximum Gasteiger partial charge on any atom is 0.257 e. The van der Waals surface area contributed by atoms with Gasteiger partial charge in [-0.2, -0.15) is 0 Å². The quantitative estimate of drug-likeness (QED) is 0.403. The highest BCUT2D eigenvalue weighted by Gasteiger charge is 2.22. The van der Waals surface area contributed by atoms with Gasteiger partial charge in [-0.15, -0.1) is 0 Å². The molecule has 0 unspecified atom stereocenters. The van der Waals surface area contributed by atoms with Gasteiger partial charge in [0.25, 0.3) is 11.8 Å². The van der Waals surface area contributed by atoms with Crippen LogP contribution in [0.15, 0.2) is 72.8 Å². The molecule has 1 fully saturated rings. The van der Waals surface area contributed by atoms with Gasteiger partial charge >= 0.3 is 0 Å². The SMILES string of the molecule is CCCOc1cccc(C(=O)NC(=S)Nc2ccc(N3CCN(C(=O)c4ccc(Cl)cc4)CC3)cc2)c1. The van der Waals surface area contributed by atoms with Crippen LogP contribution in [0.25, 0.3) is 0 Å². The zero-order chi connectivity index (χ0) is 26.2. The van der Waals surface area contributed by atoms with E-state index >= 15 is 0 Å². The Morgan fingerprint density at radius 1 is 0.946 bits per heavy atom. The van der Waals surface area contributed by atoms with Gasteiger partial charge in [-0.05, 0) is 85.4 Å². The Kier molecular flexibility index (Phi) is 8.98. The van der Waals surface area contributed by atoms with Gasteiger partial charge in [0.05, 0.1) is 6.61 Å². The first-order valence-corrected chi connectivity index (χ1v) is 13.0. The number of nitrogens with zero attached hydrogens (tertiary/aromatic N) is 2. The topological polar surface area (TPSA) is 73.9 Å². The molecule has 4 rings (SSSR count). The smallest absolute Gasteiger partial charge is 0.257 e. The summed E-state index contributed by atoms with van der Waals surface area (Å²) in [6.45, 7) is 5.38. The highest BCUT2D eigenvalue weighted by Crippen LogP contribution is 2.21. The molecule has 2 amide bonds. The Morgan fingerprint density at radius 3 is 2.32 bits per heavy atom. The molecular weight excluding hydrogens is 508 g/mol. The zero-order valence-corrected chi connectivity index (χ0v) is 22.1. The Labute approximate surface area is 227 Å². The fourth-order valence-corrected chi connectivity index (χ4v) is 4.32. The number of anilines is 2. The molecular formula is C28H29ClN4O3S. The number of halogens is 1. The van der Waals surface area contributed by atoms with Crippen LogP contribution in [0.5, 0.6) is 5.75 Å². The Morgan fingerprint density at radius 2 is 1.65 bits per heavy atom. The third kappa shape index (κ3) is 7.21. The molecule has 0 aliphatic carbocycles. The lowest BCUT2D eigenvalue weighted by Gasteiger charge is -2.36. The van der Waals surface area contributed by atoms with Crippen molar-refractivity contribution in [3.8, 4) is 5.75 Å². The summed E-state index contributed by atoms with van der Waals surface area (Å²) in [7, 11) is 0. The number of hydrogen-bond donors (Lipinski definition) is 2. The number of rotatable bonds is 7. The van der Waals surface area contributed by atoms with Gasteiger partial charge in [0.2, 0.25) is 0 Å². The monoisotopic (exact) mass is 536 g/mol. The van der Waals surface area contributed by atoms with Gasteiger partial charge in [-0.1, -0.05) is 24.6 Å². The van der Waals surface area contributed by atoms with E-state index in [0.717, 1.165) is 30.9 Å². The summed E-state index contributed by atoms with van der Waals surface area (Å²) in [5.74, 6) is 0.368. The Hall–Kier alpha value is -3.62. The number of thiocarbonyl (C=S) groups is 1. The first-order chi connectivity index (χ1) is 17.9. The molecule has 37 heavy (non-hydrogen) atoms. The van der Waals surface area contributed by atoms with E-state index in [1.165, 1.54) is 0 Å². The molecule has 1 aliphatic heterocycles. The van der Waals surface area contributed by atoms with Crippen molar-refractivity contribution >= 4 is 52.1 Å². The van der Waals surface area contributed by atoms with Gasteiger partial charge in [-0.3, -0.25) is 14.9 Å². The largest absolute Gasteiger partial charge is 0.494 e. The van der Waals surface area contributed by atoms with Gasteiger partial charge in [0.15, 0.2) is 5.11 Å². The lowest BCUT2D eigenvalue weighted by Crippen LogP contribution is -2.48. The third-order valence-corrected chi connectivity index (χ3v) is 6.40. The molecule has 0 atom stereocenters. The average Bonchev–Trinajstić information content (AvgIpc) is 2.92. The Balaban J connectivity index is 1.26. The third-order valence-electron chi connectivity index (χ3n) is 5.94. The zero-order valence-electron chi connectivity index (χ0n) is 20.6. The van der Waals surface area contributed by atoms with Crippen LogP contribution in [-0.2, 0) is 0 Å². The van der Waals surface area contributed by atoms with E-state index < -0.39 is 0 Å². The fraction of sp³-hybridized carbons (Fsp3) is 0.250. The highest BCUT2D eigenvalue weighted by molar-refractivity contribution is 7.80. The number of amides is 2. The first kappa shape index (κ1) is 26.4. The molecule has 0 saturated carbocycles. The predicted molar refractivity (Wildman–Crippen MR) is 152 cm³/mol. The molecule has 3 aromatic rings. The van der Waals surface area contributed by atoms with Crippen molar-refractivity contribution in [2.45, 2.75) is 13.3 Å². The maximum atomic E-state index is 12.7. The van der Waals surface area contributed by atoms with Crippen molar-refractivity contribution in [2.24, 2.45) is 0 Å². The van der Waals surface area contributed by atoms with Gasteiger partial charge in [-0.25, -0.2) is 0 Å². The van der Waals surface area contributed by atoms with E-state index in [2.05, 4.69) is 15.5 Å². The minimum atomic E-state index is -0.304. The molecule has 0 bridgehead atoms. The van der Waals surface area contributed by atoms with Crippen molar-refractivity contribution in [1.29, 1.82) is 0 Å². The standard InChI is InChI=1S/C28H29ClN4O3S/c1-2-18-36-25-5-3-4-21(19-25)26(34)31-28(37)30-23-10-12-24(13-11-23)32-14-16-33(17-15-32)27(35)20-6-8-22(29)9-7-20/h3-13,19H,2,14-18H2,1H3,(H2,30,31,34,37). The first-order valence-electron chi connectivity index (χ1n) is 12.2. The van der Waals surface area contributed by atoms with Crippen LogP contribution in [0, 0.1) is 0 Å². The summed E-state index contributed by atoms with van der Waals surface area (Å²) >= 11 is 11.3. The van der Waals surface area contributed by atoms with Crippen LogP contribution in [0.2, 0.25) is 5.02 Å². The molecule has 1 heterocycles. The van der Waals surface area contributed by atoms with E-state index in [1.54, 1.807) is 42.5 Å². The summed E-state index contributed by atoms with van der Waals surface area (Å²) in [6, 6.07) is 21.8.